The first kappa shape index (κ1) is 16.2. The summed E-state index contributed by atoms with van der Waals surface area (Å²) in [6.45, 7) is 7.32. The molecule has 0 aromatic rings. The second kappa shape index (κ2) is 4.92. The first-order chi connectivity index (χ1) is 9.55. The maximum Gasteiger partial charge on any atom is 0.190 e. The average molecular weight is 343 g/mol. The fourth-order valence-corrected chi connectivity index (χ4v) is 3.55. The van der Waals surface area contributed by atoms with Crippen molar-refractivity contribution in [3.63, 3.8) is 0 Å². The number of fused-ring (bicyclic) bond motifs is 1. The van der Waals surface area contributed by atoms with Crippen LogP contribution in [0.25, 0.3) is 0 Å². The normalized spacial score (nSPS) is 48.0. The summed E-state index contributed by atoms with van der Waals surface area (Å²) in [6.07, 6.45) is -2.84. The SMILES string of the molecule is CC1(C)OC[C@H]([C@H]2O[C@@H]3OC(C)(C)O[C@@H]3[C@@]2(O)C(Cl)Cl)O1. The van der Waals surface area contributed by atoms with Crippen molar-refractivity contribution in [3.05, 3.63) is 0 Å². The molecule has 3 aliphatic rings. The zero-order valence-electron chi connectivity index (χ0n) is 12.3. The van der Waals surface area contributed by atoms with Crippen molar-refractivity contribution in [1.29, 1.82) is 0 Å². The Morgan fingerprint density at radius 1 is 1.00 bits per heavy atom. The number of ether oxygens (including phenoxy) is 5. The molecule has 21 heavy (non-hydrogen) atoms. The van der Waals surface area contributed by atoms with Gasteiger partial charge in [0.2, 0.25) is 0 Å². The van der Waals surface area contributed by atoms with Crippen molar-refractivity contribution in [2.24, 2.45) is 0 Å². The van der Waals surface area contributed by atoms with E-state index in [4.69, 9.17) is 46.9 Å². The maximum atomic E-state index is 11.0. The number of rotatable bonds is 2. The minimum atomic E-state index is -1.64. The third kappa shape index (κ3) is 2.60. The molecule has 0 unspecified atom stereocenters. The van der Waals surface area contributed by atoms with Crippen LogP contribution in [0.15, 0.2) is 0 Å². The molecule has 1 N–H and O–H groups in total. The quantitative estimate of drug-likeness (QED) is 0.768. The molecule has 3 fully saturated rings. The summed E-state index contributed by atoms with van der Waals surface area (Å²) in [5.74, 6) is -1.62. The van der Waals surface area contributed by atoms with Gasteiger partial charge in [-0.3, -0.25) is 0 Å². The first-order valence-corrected chi connectivity index (χ1v) is 7.76. The standard InChI is InChI=1S/C13H20Cl2O6/c1-11(2)17-5-6(19-11)7-13(16,10(14)15)8-9(18-7)21-12(3,4)20-8/h6-10,16H,5H2,1-4H3/t6-,7-,8+,9-,13-/m1/s1. The smallest absolute Gasteiger partial charge is 0.190 e. The minimum absolute atomic E-state index is 0.267. The fraction of sp³-hybridized carbons (Fsp3) is 1.00. The van der Waals surface area contributed by atoms with E-state index in [1.54, 1.807) is 27.7 Å². The van der Waals surface area contributed by atoms with Gasteiger partial charge in [0, 0.05) is 0 Å². The van der Waals surface area contributed by atoms with Gasteiger partial charge in [0.15, 0.2) is 23.5 Å². The summed E-state index contributed by atoms with van der Waals surface area (Å²) in [4.78, 5) is -1.12. The molecule has 0 saturated carbocycles. The van der Waals surface area contributed by atoms with Crippen LogP contribution in [0.4, 0.5) is 0 Å². The zero-order chi connectivity index (χ0) is 15.6. The Kier molecular flexibility index (Phi) is 3.79. The van der Waals surface area contributed by atoms with Crippen LogP contribution in [-0.2, 0) is 23.7 Å². The first-order valence-electron chi connectivity index (χ1n) is 6.88. The lowest BCUT2D eigenvalue weighted by Gasteiger charge is -2.36. The van der Waals surface area contributed by atoms with E-state index in [0.717, 1.165) is 0 Å². The number of halogens is 2. The molecule has 3 rings (SSSR count). The van der Waals surface area contributed by atoms with Gasteiger partial charge in [-0.05, 0) is 27.7 Å². The Balaban J connectivity index is 1.86. The summed E-state index contributed by atoms with van der Waals surface area (Å²) in [5, 5.41) is 11.0. The van der Waals surface area contributed by atoms with Gasteiger partial charge >= 0.3 is 0 Å². The topological polar surface area (TPSA) is 66.4 Å². The predicted octanol–water partition coefficient (Wildman–Crippen LogP) is 1.55. The molecule has 0 bridgehead atoms. The van der Waals surface area contributed by atoms with Crippen molar-refractivity contribution in [2.75, 3.05) is 6.61 Å². The number of hydrogen-bond acceptors (Lipinski definition) is 6. The monoisotopic (exact) mass is 342 g/mol. The van der Waals surface area contributed by atoms with E-state index in [1.165, 1.54) is 0 Å². The molecule has 0 amide bonds. The Bertz CT molecular complexity index is 429. The van der Waals surface area contributed by atoms with E-state index in [-0.39, 0.29) is 6.61 Å². The Morgan fingerprint density at radius 2 is 1.67 bits per heavy atom. The van der Waals surface area contributed by atoms with Crippen LogP contribution in [0.5, 0.6) is 0 Å². The van der Waals surface area contributed by atoms with Crippen LogP contribution >= 0.6 is 23.2 Å². The Morgan fingerprint density at radius 3 is 2.19 bits per heavy atom. The summed E-state index contributed by atoms with van der Waals surface area (Å²) in [7, 11) is 0. The summed E-state index contributed by atoms with van der Waals surface area (Å²) < 4.78 is 28.5. The Labute approximate surface area is 133 Å². The number of hydrogen-bond donors (Lipinski definition) is 1. The average Bonchev–Trinajstić information content (AvgIpc) is 2.91. The third-order valence-corrected chi connectivity index (χ3v) is 4.67. The molecule has 0 spiro atoms. The largest absolute Gasteiger partial charge is 0.381 e. The molecule has 122 valence electrons. The van der Waals surface area contributed by atoms with Crippen LogP contribution < -0.4 is 0 Å². The van der Waals surface area contributed by atoms with Crippen LogP contribution in [0.3, 0.4) is 0 Å². The molecule has 8 heteroatoms. The molecule has 0 aromatic heterocycles. The van der Waals surface area contributed by atoms with Gasteiger partial charge < -0.3 is 28.8 Å². The molecule has 3 heterocycles. The van der Waals surface area contributed by atoms with Gasteiger partial charge in [0.1, 0.15) is 23.1 Å². The molecule has 3 saturated heterocycles. The number of alkyl halides is 2. The molecule has 0 aromatic carbocycles. The van der Waals surface area contributed by atoms with E-state index >= 15 is 0 Å². The van der Waals surface area contributed by atoms with Gasteiger partial charge in [-0.1, -0.05) is 0 Å². The highest BCUT2D eigenvalue weighted by Crippen LogP contribution is 2.49. The third-order valence-electron chi connectivity index (χ3n) is 3.97. The summed E-state index contributed by atoms with van der Waals surface area (Å²) in [5.41, 5.74) is -1.64. The molecule has 0 aliphatic carbocycles. The highest BCUT2D eigenvalue weighted by Gasteiger charge is 2.68. The predicted molar refractivity (Wildman–Crippen MR) is 74.0 cm³/mol. The molecule has 5 atom stereocenters. The second-order valence-electron chi connectivity index (χ2n) is 6.54. The highest BCUT2D eigenvalue weighted by atomic mass is 35.5. The Hall–Kier alpha value is 0.340. The van der Waals surface area contributed by atoms with Crippen LogP contribution in [0, 0.1) is 0 Å². The van der Waals surface area contributed by atoms with E-state index in [9.17, 15) is 5.11 Å². The molecule has 0 radical (unpaired) electrons. The van der Waals surface area contributed by atoms with Gasteiger partial charge in [-0.2, -0.15) is 0 Å². The van der Waals surface area contributed by atoms with Gasteiger partial charge in [-0.15, -0.1) is 23.2 Å². The lowest BCUT2D eigenvalue weighted by Crippen LogP contribution is -2.58. The lowest BCUT2D eigenvalue weighted by molar-refractivity contribution is -0.246. The van der Waals surface area contributed by atoms with Crippen molar-refractivity contribution in [1.82, 2.24) is 0 Å². The van der Waals surface area contributed by atoms with Crippen molar-refractivity contribution in [3.8, 4) is 0 Å². The molecule has 6 nitrogen and oxygen atoms in total. The van der Waals surface area contributed by atoms with Gasteiger partial charge in [0.25, 0.3) is 0 Å². The highest BCUT2D eigenvalue weighted by molar-refractivity contribution is 6.45. The molecular formula is C13H20Cl2O6. The number of aliphatic hydroxyl groups is 1. The van der Waals surface area contributed by atoms with Crippen molar-refractivity contribution >= 4 is 23.2 Å². The van der Waals surface area contributed by atoms with E-state index in [1.807, 2.05) is 0 Å². The van der Waals surface area contributed by atoms with Crippen LogP contribution in [-0.4, -0.2) is 58.3 Å². The molecular weight excluding hydrogens is 323 g/mol. The maximum absolute atomic E-state index is 11.0. The zero-order valence-corrected chi connectivity index (χ0v) is 13.9. The van der Waals surface area contributed by atoms with Gasteiger partial charge in [0.05, 0.1) is 6.61 Å². The second-order valence-corrected chi connectivity index (χ2v) is 7.63. The molecule has 3 aliphatic heterocycles. The van der Waals surface area contributed by atoms with E-state index in [2.05, 4.69) is 0 Å². The minimum Gasteiger partial charge on any atom is -0.381 e. The van der Waals surface area contributed by atoms with Crippen LogP contribution in [0.2, 0.25) is 0 Å². The fourth-order valence-electron chi connectivity index (χ4n) is 3.06. The van der Waals surface area contributed by atoms with Crippen LogP contribution in [0.1, 0.15) is 27.7 Å². The summed E-state index contributed by atoms with van der Waals surface area (Å²) >= 11 is 12.1. The van der Waals surface area contributed by atoms with Gasteiger partial charge in [-0.25, -0.2) is 0 Å². The van der Waals surface area contributed by atoms with E-state index < -0.39 is 46.6 Å². The lowest BCUT2D eigenvalue weighted by atomic mass is 9.91. The van der Waals surface area contributed by atoms with E-state index in [0.29, 0.717) is 0 Å². The summed E-state index contributed by atoms with van der Waals surface area (Å²) in [6, 6.07) is 0. The van der Waals surface area contributed by atoms with Crippen molar-refractivity contribution < 1.29 is 28.8 Å². The van der Waals surface area contributed by atoms with Crippen molar-refractivity contribution in [2.45, 2.75) is 74.3 Å².